The van der Waals surface area contributed by atoms with E-state index < -0.39 is 0 Å². The molecule has 0 radical (unpaired) electrons. The molecule has 2 atom stereocenters. The first-order valence-electron chi connectivity index (χ1n) is 9.57. The van der Waals surface area contributed by atoms with Crippen LogP contribution in [0.2, 0.25) is 0 Å². The highest BCUT2D eigenvalue weighted by Crippen LogP contribution is 2.39. The van der Waals surface area contributed by atoms with Gasteiger partial charge in [-0.05, 0) is 25.7 Å². The number of hydrogen-bond donors (Lipinski definition) is 0. The predicted molar refractivity (Wildman–Crippen MR) is 88.8 cm³/mol. The third kappa shape index (κ3) is 5.06. The lowest BCUT2D eigenvalue weighted by molar-refractivity contribution is -0.900. The van der Waals surface area contributed by atoms with E-state index in [1.807, 2.05) is 0 Å². The average molecular weight is 281 g/mol. The van der Waals surface area contributed by atoms with Crippen molar-refractivity contribution in [2.24, 2.45) is 11.8 Å². The Morgan fingerprint density at radius 3 is 1.80 bits per heavy atom. The van der Waals surface area contributed by atoms with Crippen LogP contribution in [-0.4, -0.2) is 31.2 Å². The third-order valence-electron chi connectivity index (χ3n) is 5.97. The van der Waals surface area contributed by atoms with Crippen LogP contribution in [0.25, 0.3) is 0 Å². The Bertz CT molecular complexity index is 246. The van der Waals surface area contributed by atoms with E-state index in [1.165, 1.54) is 101 Å². The van der Waals surface area contributed by atoms with E-state index in [9.17, 15) is 0 Å². The number of fused-ring (bicyclic) bond motifs is 1. The summed E-state index contributed by atoms with van der Waals surface area (Å²) in [7, 11) is 2.54. The van der Waals surface area contributed by atoms with Gasteiger partial charge in [-0.1, -0.05) is 58.3 Å². The SMILES string of the molecule is CCCCCCCCCC[N+]1(C)CC2CCCCC2C1. The van der Waals surface area contributed by atoms with Gasteiger partial charge in [-0.2, -0.15) is 0 Å². The molecule has 1 saturated heterocycles. The fourth-order valence-corrected chi connectivity index (χ4v) is 4.78. The smallest absolute Gasteiger partial charge is 0.0818 e. The lowest BCUT2D eigenvalue weighted by Crippen LogP contribution is -2.42. The summed E-state index contributed by atoms with van der Waals surface area (Å²) in [4.78, 5) is 0. The first-order valence-corrected chi connectivity index (χ1v) is 9.57. The maximum atomic E-state index is 2.54. The van der Waals surface area contributed by atoms with Gasteiger partial charge in [-0.25, -0.2) is 0 Å². The summed E-state index contributed by atoms with van der Waals surface area (Å²) in [6, 6.07) is 0. The van der Waals surface area contributed by atoms with Gasteiger partial charge in [-0.15, -0.1) is 0 Å². The van der Waals surface area contributed by atoms with Crippen LogP contribution in [0.4, 0.5) is 0 Å². The zero-order chi connectivity index (χ0) is 14.3. The lowest BCUT2D eigenvalue weighted by Gasteiger charge is -2.30. The summed E-state index contributed by atoms with van der Waals surface area (Å²) in [5, 5.41) is 0. The van der Waals surface area contributed by atoms with Crippen LogP contribution < -0.4 is 0 Å². The van der Waals surface area contributed by atoms with Gasteiger partial charge in [0, 0.05) is 11.8 Å². The minimum atomic E-state index is 1.09. The first-order chi connectivity index (χ1) is 9.73. The van der Waals surface area contributed by atoms with Crippen LogP contribution in [0.1, 0.15) is 84.0 Å². The van der Waals surface area contributed by atoms with Crippen LogP contribution in [0.5, 0.6) is 0 Å². The Hall–Kier alpha value is -0.0400. The number of rotatable bonds is 9. The van der Waals surface area contributed by atoms with E-state index >= 15 is 0 Å². The van der Waals surface area contributed by atoms with Gasteiger partial charge < -0.3 is 4.48 Å². The normalized spacial score (nSPS) is 33.3. The van der Waals surface area contributed by atoms with Crippen LogP contribution in [0, 0.1) is 11.8 Å². The van der Waals surface area contributed by atoms with Gasteiger partial charge >= 0.3 is 0 Å². The molecule has 1 aliphatic heterocycles. The number of nitrogens with zero attached hydrogens (tertiary/aromatic N) is 1. The summed E-state index contributed by atoms with van der Waals surface area (Å²) in [5.74, 6) is 2.17. The van der Waals surface area contributed by atoms with Crippen molar-refractivity contribution in [2.45, 2.75) is 84.0 Å². The molecule has 1 heterocycles. The summed E-state index contributed by atoms with van der Waals surface area (Å²) in [6.45, 7) is 6.77. The molecule has 1 saturated carbocycles. The maximum absolute atomic E-state index is 2.54. The molecule has 0 aromatic carbocycles. The summed E-state index contributed by atoms with van der Waals surface area (Å²) in [6.07, 6.45) is 17.8. The Balaban J connectivity index is 1.53. The number of quaternary nitrogens is 1. The van der Waals surface area contributed by atoms with E-state index in [0.29, 0.717) is 0 Å². The molecule has 0 amide bonds. The quantitative estimate of drug-likeness (QED) is 0.392. The van der Waals surface area contributed by atoms with E-state index in [-0.39, 0.29) is 0 Å². The highest BCUT2D eigenvalue weighted by atomic mass is 15.3. The second-order valence-corrected chi connectivity index (χ2v) is 7.99. The number of likely N-dealkylation sites (tertiary alicyclic amines) is 1. The largest absolute Gasteiger partial charge is 0.326 e. The Kier molecular flexibility index (Phi) is 6.87. The fourth-order valence-electron chi connectivity index (χ4n) is 4.78. The van der Waals surface area contributed by atoms with Crippen molar-refractivity contribution in [3.05, 3.63) is 0 Å². The average Bonchev–Trinajstić information content (AvgIpc) is 2.78. The van der Waals surface area contributed by atoms with Crippen molar-refractivity contribution in [2.75, 3.05) is 26.7 Å². The van der Waals surface area contributed by atoms with Crippen LogP contribution in [-0.2, 0) is 0 Å². The summed E-state index contributed by atoms with van der Waals surface area (Å²) < 4.78 is 1.41. The van der Waals surface area contributed by atoms with E-state index in [4.69, 9.17) is 0 Å². The molecule has 0 aromatic heterocycles. The fraction of sp³-hybridized carbons (Fsp3) is 1.00. The molecule has 2 unspecified atom stereocenters. The monoisotopic (exact) mass is 280 g/mol. The molecule has 20 heavy (non-hydrogen) atoms. The van der Waals surface area contributed by atoms with Crippen LogP contribution in [0.3, 0.4) is 0 Å². The van der Waals surface area contributed by atoms with E-state index in [0.717, 1.165) is 11.8 Å². The highest BCUT2D eigenvalue weighted by molar-refractivity contribution is 4.80. The maximum Gasteiger partial charge on any atom is 0.0818 e. The van der Waals surface area contributed by atoms with Crippen molar-refractivity contribution < 1.29 is 4.48 Å². The second kappa shape index (κ2) is 8.41. The highest BCUT2D eigenvalue weighted by Gasteiger charge is 2.42. The molecule has 1 aliphatic carbocycles. The zero-order valence-corrected chi connectivity index (χ0v) is 14.2. The van der Waals surface area contributed by atoms with Crippen molar-refractivity contribution >= 4 is 0 Å². The molecule has 1 heteroatoms. The second-order valence-electron chi connectivity index (χ2n) is 7.99. The molecule has 0 N–H and O–H groups in total. The Morgan fingerprint density at radius 1 is 0.750 bits per heavy atom. The minimum absolute atomic E-state index is 1.09. The molecule has 2 aliphatic rings. The van der Waals surface area contributed by atoms with Crippen molar-refractivity contribution in [3.63, 3.8) is 0 Å². The van der Waals surface area contributed by atoms with E-state index in [2.05, 4.69) is 14.0 Å². The number of hydrogen-bond acceptors (Lipinski definition) is 0. The Labute approximate surface area is 127 Å². The zero-order valence-electron chi connectivity index (χ0n) is 14.2. The molecular formula is C19H38N+. The topological polar surface area (TPSA) is 0 Å². The standard InChI is InChI=1S/C19H38N/c1-3-4-5-6-7-8-9-12-15-20(2)16-18-13-10-11-14-19(18)17-20/h18-19H,3-17H2,1-2H3/q+1. The molecule has 0 aromatic rings. The third-order valence-corrected chi connectivity index (χ3v) is 5.97. The molecule has 2 rings (SSSR count). The summed E-state index contributed by atoms with van der Waals surface area (Å²) in [5.41, 5.74) is 0. The van der Waals surface area contributed by atoms with Crippen LogP contribution >= 0.6 is 0 Å². The van der Waals surface area contributed by atoms with Crippen molar-refractivity contribution in [1.82, 2.24) is 0 Å². The van der Waals surface area contributed by atoms with Gasteiger partial charge in [-0.3, -0.25) is 0 Å². The van der Waals surface area contributed by atoms with Gasteiger partial charge in [0.2, 0.25) is 0 Å². The van der Waals surface area contributed by atoms with Gasteiger partial charge in [0.15, 0.2) is 0 Å². The summed E-state index contributed by atoms with van der Waals surface area (Å²) >= 11 is 0. The van der Waals surface area contributed by atoms with Crippen molar-refractivity contribution in [1.29, 1.82) is 0 Å². The van der Waals surface area contributed by atoms with Crippen LogP contribution in [0.15, 0.2) is 0 Å². The minimum Gasteiger partial charge on any atom is -0.326 e. The molecular weight excluding hydrogens is 242 g/mol. The van der Waals surface area contributed by atoms with Crippen molar-refractivity contribution in [3.8, 4) is 0 Å². The first kappa shape index (κ1) is 16.3. The van der Waals surface area contributed by atoms with Gasteiger partial charge in [0.1, 0.15) is 0 Å². The number of unbranched alkanes of at least 4 members (excludes halogenated alkanes) is 7. The van der Waals surface area contributed by atoms with E-state index in [1.54, 1.807) is 0 Å². The molecule has 1 nitrogen and oxygen atoms in total. The molecule has 2 fully saturated rings. The lowest BCUT2D eigenvalue weighted by atomic mass is 9.82. The molecule has 0 bridgehead atoms. The van der Waals surface area contributed by atoms with Gasteiger partial charge in [0.25, 0.3) is 0 Å². The molecule has 118 valence electrons. The predicted octanol–water partition coefficient (Wildman–Crippen LogP) is 5.39. The van der Waals surface area contributed by atoms with Gasteiger partial charge in [0.05, 0.1) is 26.7 Å². The Morgan fingerprint density at radius 2 is 1.25 bits per heavy atom. The molecule has 0 spiro atoms.